The van der Waals surface area contributed by atoms with Gasteiger partial charge in [-0.2, -0.15) is 10.2 Å². The molecule has 7 nitrogen and oxygen atoms in total. The van der Waals surface area contributed by atoms with Crippen LogP contribution in [0.3, 0.4) is 0 Å². The van der Waals surface area contributed by atoms with Crippen LogP contribution in [-0.2, 0) is 17.9 Å². The molecule has 0 spiro atoms. The molecule has 2 aromatic heterocycles. The molecule has 1 unspecified atom stereocenters. The van der Waals surface area contributed by atoms with Gasteiger partial charge in [0.25, 0.3) is 0 Å². The first kappa shape index (κ1) is 15.2. The number of aromatic nitrogens is 5. The maximum Gasteiger partial charge on any atom is 0.227 e. The smallest absolute Gasteiger partial charge is 0.227 e. The van der Waals surface area contributed by atoms with Gasteiger partial charge in [-0.1, -0.05) is 6.92 Å². The van der Waals surface area contributed by atoms with Gasteiger partial charge in [0.1, 0.15) is 11.6 Å². The van der Waals surface area contributed by atoms with Crippen molar-refractivity contribution in [3.63, 3.8) is 0 Å². The van der Waals surface area contributed by atoms with Crippen LogP contribution in [0, 0.1) is 26.7 Å². The van der Waals surface area contributed by atoms with Crippen LogP contribution < -0.4 is 0 Å². The van der Waals surface area contributed by atoms with Crippen LogP contribution in [0.1, 0.15) is 30.0 Å². The van der Waals surface area contributed by atoms with Crippen LogP contribution in [0.4, 0.5) is 0 Å². The number of amides is 1. The summed E-state index contributed by atoms with van der Waals surface area (Å²) in [5, 5.41) is 11.3. The Labute approximate surface area is 124 Å². The second kappa shape index (κ2) is 6.07. The van der Waals surface area contributed by atoms with E-state index < -0.39 is 0 Å². The largest absolute Gasteiger partial charge is 0.339 e. The number of carbonyl (C=O) groups excluding carboxylic acids is 1. The fourth-order valence-electron chi connectivity index (χ4n) is 2.32. The summed E-state index contributed by atoms with van der Waals surface area (Å²) in [6.07, 6.45) is 0. The number of rotatable bonds is 5. The van der Waals surface area contributed by atoms with Crippen molar-refractivity contribution in [2.45, 2.75) is 40.8 Å². The molecule has 0 fully saturated rings. The van der Waals surface area contributed by atoms with Crippen LogP contribution in [-0.4, -0.2) is 42.8 Å². The van der Waals surface area contributed by atoms with Gasteiger partial charge in [-0.15, -0.1) is 0 Å². The molecule has 0 bridgehead atoms. The van der Waals surface area contributed by atoms with Crippen LogP contribution in [0.25, 0.3) is 0 Å². The Kier molecular flexibility index (Phi) is 4.40. The Hall–Kier alpha value is -2.18. The molecule has 0 aromatic carbocycles. The van der Waals surface area contributed by atoms with Crippen molar-refractivity contribution in [3.05, 3.63) is 29.1 Å². The van der Waals surface area contributed by atoms with E-state index in [2.05, 4.69) is 20.3 Å². The van der Waals surface area contributed by atoms with Gasteiger partial charge < -0.3 is 4.90 Å². The average molecular weight is 290 g/mol. The van der Waals surface area contributed by atoms with Gasteiger partial charge in [0, 0.05) is 12.7 Å². The standard InChI is InChI=1S/C14H22N6O/c1-9(7-20-12(4)15-11(3)18-20)14(21)19(5)8-13-6-10(2)16-17-13/h6,9H,7-8H2,1-5H3,(H,16,17). The van der Waals surface area contributed by atoms with Crippen molar-refractivity contribution < 1.29 is 4.79 Å². The zero-order chi connectivity index (χ0) is 15.6. The minimum absolute atomic E-state index is 0.0724. The van der Waals surface area contributed by atoms with E-state index in [0.717, 1.165) is 23.0 Å². The first-order valence-corrected chi connectivity index (χ1v) is 7.00. The third kappa shape index (κ3) is 3.68. The highest BCUT2D eigenvalue weighted by Gasteiger charge is 2.20. The second-order valence-corrected chi connectivity index (χ2v) is 5.53. The van der Waals surface area contributed by atoms with E-state index in [1.165, 1.54) is 0 Å². The van der Waals surface area contributed by atoms with Crippen molar-refractivity contribution in [3.8, 4) is 0 Å². The zero-order valence-corrected chi connectivity index (χ0v) is 13.2. The molecule has 2 rings (SSSR count). The first-order valence-electron chi connectivity index (χ1n) is 7.00. The van der Waals surface area contributed by atoms with Gasteiger partial charge in [0.2, 0.25) is 5.91 Å². The van der Waals surface area contributed by atoms with E-state index >= 15 is 0 Å². The van der Waals surface area contributed by atoms with Crippen LogP contribution in [0.2, 0.25) is 0 Å². The lowest BCUT2D eigenvalue weighted by atomic mass is 10.1. The molecule has 7 heteroatoms. The molecule has 1 amide bonds. The fourth-order valence-corrected chi connectivity index (χ4v) is 2.32. The lowest BCUT2D eigenvalue weighted by Gasteiger charge is -2.20. The summed E-state index contributed by atoms with van der Waals surface area (Å²) < 4.78 is 1.78. The van der Waals surface area contributed by atoms with E-state index in [1.807, 2.05) is 33.8 Å². The summed E-state index contributed by atoms with van der Waals surface area (Å²) in [4.78, 5) is 18.3. The first-order chi connectivity index (χ1) is 9.86. The van der Waals surface area contributed by atoms with Crippen LogP contribution >= 0.6 is 0 Å². The van der Waals surface area contributed by atoms with Crippen molar-refractivity contribution in [1.29, 1.82) is 0 Å². The molecule has 1 N–H and O–H groups in total. The van der Waals surface area contributed by atoms with Crippen LogP contribution in [0.5, 0.6) is 0 Å². The van der Waals surface area contributed by atoms with E-state index in [0.29, 0.717) is 13.1 Å². The summed E-state index contributed by atoms with van der Waals surface area (Å²) in [5.41, 5.74) is 1.86. The Balaban J connectivity index is 1.96. The maximum atomic E-state index is 12.4. The van der Waals surface area contributed by atoms with Gasteiger partial charge in [-0.25, -0.2) is 9.67 Å². The van der Waals surface area contributed by atoms with Gasteiger partial charge >= 0.3 is 0 Å². The van der Waals surface area contributed by atoms with Crippen molar-refractivity contribution in [1.82, 2.24) is 29.9 Å². The normalized spacial score (nSPS) is 12.4. The maximum absolute atomic E-state index is 12.4. The average Bonchev–Trinajstić information content (AvgIpc) is 2.94. The lowest BCUT2D eigenvalue weighted by Crippen LogP contribution is -2.33. The van der Waals surface area contributed by atoms with Crippen molar-refractivity contribution in [2.24, 2.45) is 5.92 Å². The Morgan fingerprint density at radius 2 is 2.14 bits per heavy atom. The van der Waals surface area contributed by atoms with E-state index in [1.54, 1.807) is 16.6 Å². The molecule has 0 saturated carbocycles. The van der Waals surface area contributed by atoms with Crippen molar-refractivity contribution in [2.75, 3.05) is 7.05 Å². The molecular formula is C14H22N6O. The molecule has 0 radical (unpaired) electrons. The summed E-state index contributed by atoms with van der Waals surface area (Å²) >= 11 is 0. The molecule has 21 heavy (non-hydrogen) atoms. The van der Waals surface area contributed by atoms with E-state index in [-0.39, 0.29) is 11.8 Å². The highest BCUT2D eigenvalue weighted by molar-refractivity contribution is 5.78. The number of aromatic amines is 1. The number of H-pyrrole nitrogens is 1. The minimum Gasteiger partial charge on any atom is -0.339 e. The minimum atomic E-state index is -0.158. The number of nitrogens with zero attached hydrogens (tertiary/aromatic N) is 5. The van der Waals surface area contributed by atoms with Gasteiger partial charge in [0.05, 0.1) is 24.7 Å². The molecule has 114 valence electrons. The molecule has 0 aliphatic rings. The van der Waals surface area contributed by atoms with Gasteiger partial charge in [-0.3, -0.25) is 9.89 Å². The zero-order valence-electron chi connectivity index (χ0n) is 13.2. The molecular weight excluding hydrogens is 268 g/mol. The number of aryl methyl sites for hydroxylation is 3. The van der Waals surface area contributed by atoms with E-state index in [9.17, 15) is 4.79 Å². The van der Waals surface area contributed by atoms with Gasteiger partial charge in [0.15, 0.2) is 0 Å². The Morgan fingerprint density at radius 3 is 2.67 bits per heavy atom. The molecule has 2 aromatic rings. The highest BCUT2D eigenvalue weighted by Crippen LogP contribution is 2.09. The second-order valence-electron chi connectivity index (χ2n) is 5.53. The molecule has 0 aliphatic carbocycles. The quantitative estimate of drug-likeness (QED) is 0.898. The van der Waals surface area contributed by atoms with Crippen LogP contribution in [0.15, 0.2) is 6.07 Å². The summed E-state index contributed by atoms with van der Waals surface area (Å²) in [6, 6.07) is 1.94. The number of nitrogens with one attached hydrogen (secondary N) is 1. The van der Waals surface area contributed by atoms with Gasteiger partial charge in [-0.05, 0) is 26.8 Å². The fraction of sp³-hybridized carbons (Fsp3) is 0.571. The summed E-state index contributed by atoms with van der Waals surface area (Å²) in [7, 11) is 1.79. The summed E-state index contributed by atoms with van der Waals surface area (Å²) in [5.74, 6) is 1.48. The number of hydrogen-bond acceptors (Lipinski definition) is 4. The third-order valence-corrected chi connectivity index (χ3v) is 3.37. The molecule has 1 atom stereocenters. The number of hydrogen-bond donors (Lipinski definition) is 1. The molecule has 2 heterocycles. The Morgan fingerprint density at radius 1 is 1.43 bits per heavy atom. The molecule has 0 aliphatic heterocycles. The SMILES string of the molecule is Cc1nc(C)n(CC(C)C(=O)N(C)Cc2cc(C)[nH]n2)n1. The number of carbonyl (C=O) groups is 1. The predicted octanol–water partition coefficient (Wildman–Crippen LogP) is 1.22. The highest BCUT2D eigenvalue weighted by atomic mass is 16.2. The Bertz CT molecular complexity index is 629. The predicted molar refractivity (Wildman–Crippen MR) is 78.5 cm³/mol. The monoisotopic (exact) mass is 290 g/mol. The molecule has 0 saturated heterocycles. The third-order valence-electron chi connectivity index (χ3n) is 3.37. The topological polar surface area (TPSA) is 79.7 Å². The van der Waals surface area contributed by atoms with Crippen molar-refractivity contribution >= 4 is 5.91 Å². The summed E-state index contributed by atoms with van der Waals surface area (Å²) in [6.45, 7) is 8.63. The van der Waals surface area contributed by atoms with E-state index in [4.69, 9.17) is 0 Å². The lowest BCUT2D eigenvalue weighted by molar-refractivity contribution is -0.134.